The summed E-state index contributed by atoms with van der Waals surface area (Å²) in [4.78, 5) is 12.3. The third-order valence-electron chi connectivity index (χ3n) is 3.48. The highest BCUT2D eigenvalue weighted by molar-refractivity contribution is 14.1. The van der Waals surface area contributed by atoms with Crippen molar-refractivity contribution in [2.24, 2.45) is 0 Å². The van der Waals surface area contributed by atoms with Crippen LogP contribution in [0.3, 0.4) is 0 Å². The van der Waals surface area contributed by atoms with Crippen LogP contribution in [0.1, 0.15) is 11.1 Å². The Bertz CT molecular complexity index is 764. The molecule has 2 aromatic carbocycles. The van der Waals surface area contributed by atoms with Crippen LogP contribution in [-0.2, 0) is 11.2 Å². The number of fused-ring (bicyclic) bond motifs is 1. The summed E-state index contributed by atoms with van der Waals surface area (Å²) in [7, 11) is 0. The van der Waals surface area contributed by atoms with E-state index < -0.39 is 0 Å². The first-order chi connectivity index (χ1) is 11.0. The van der Waals surface area contributed by atoms with Crippen molar-refractivity contribution in [3.8, 4) is 11.5 Å². The number of aryl methyl sites for hydroxylation is 1. The predicted octanol–water partition coefficient (Wildman–Crippen LogP) is 4.21. The molecule has 0 unspecified atom stereocenters. The second-order valence-corrected chi connectivity index (χ2v) is 6.94. The van der Waals surface area contributed by atoms with Crippen LogP contribution >= 0.6 is 34.2 Å². The maximum absolute atomic E-state index is 12.3. The van der Waals surface area contributed by atoms with Crippen LogP contribution in [0.4, 0.5) is 5.69 Å². The SMILES string of the molecule is Cc1cc(I)ccc1NC(=O)Cc1cc(Cl)c2c(c1)OCCO2. The molecule has 0 fully saturated rings. The largest absolute Gasteiger partial charge is 0.486 e. The van der Waals surface area contributed by atoms with Crippen molar-refractivity contribution in [2.45, 2.75) is 13.3 Å². The van der Waals surface area contributed by atoms with Crippen LogP contribution in [0.5, 0.6) is 11.5 Å². The number of carbonyl (C=O) groups is 1. The number of benzene rings is 2. The molecule has 0 aliphatic carbocycles. The maximum Gasteiger partial charge on any atom is 0.228 e. The highest BCUT2D eigenvalue weighted by Crippen LogP contribution is 2.38. The fraction of sp³-hybridized carbons (Fsp3) is 0.235. The van der Waals surface area contributed by atoms with Crippen molar-refractivity contribution in [3.63, 3.8) is 0 Å². The molecule has 0 spiro atoms. The van der Waals surface area contributed by atoms with E-state index in [2.05, 4.69) is 27.9 Å². The number of anilines is 1. The fourth-order valence-corrected chi connectivity index (χ4v) is 3.35. The van der Waals surface area contributed by atoms with Crippen LogP contribution in [-0.4, -0.2) is 19.1 Å². The Kier molecular flexibility index (Phi) is 4.96. The summed E-state index contributed by atoms with van der Waals surface area (Å²) in [5.41, 5.74) is 2.64. The lowest BCUT2D eigenvalue weighted by Crippen LogP contribution is -2.17. The first-order valence-corrected chi connectivity index (χ1v) is 8.62. The van der Waals surface area contributed by atoms with Gasteiger partial charge in [-0.3, -0.25) is 4.79 Å². The number of hydrogen-bond donors (Lipinski definition) is 1. The molecule has 6 heteroatoms. The Morgan fingerprint density at radius 3 is 2.83 bits per heavy atom. The number of rotatable bonds is 3. The molecular formula is C17H15ClINO3. The van der Waals surface area contributed by atoms with Crippen LogP contribution < -0.4 is 14.8 Å². The average Bonchev–Trinajstić information content (AvgIpc) is 2.50. The number of ether oxygens (including phenoxy) is 2. The van der Waals surface area contributed by atoms with Crippen molar-refractivity contribution in [2.75, 3.05) is 18.5 Å². The Balaban J connectivity index is 1.74. The minimum Gasteiger partial charge on any atom is -0.486 e. The van der Waals surface area contributed by atoms with Gasteiger partial charge >= 0.3 is 0 Å². The Morgan fingerprint density at radius 1 is 1.26 bits per heavy atom. The molecular weight excluding hydrogens is 429 g/mol. The molecule has 0 bridgehead atoms. The van der Waals surface area contributed by atoms with E-state index in [0.717, 1.165) is 20.4 Å². The zero-order valence-corrected chi connectivity index (χ0v) is 15.4. The standard InChI is InChI=1S/C17H15ClINO3/c1-10-6-12(19)2-3-14(10)20-16(21)9-11-7-13(18)17-15(8-11)22-4-5-23-17/h2-3,6-8H,4-5,9H2,1H3,(H,20,21). The molecule has 0 saturated carbocycles. The average molecular weight is 444 g/mol. The molecule has 1 aliphatic rings. The van der Waals surface area contributed by atoms with Crippen molar-refractivity contribution < 1.29 is 14.3 Å². The van der Waals surface area contributed by atoms with E-state index in [-0.39, 0.29) is 12.3 Å². The minimum atomic E-state index is -0.0953. The molecule has 0 saturated heterocycles. The molecule has 2 aromatic rings. The van der Waals surface area contributed by atoms with Gasteiger partial charge in [-0.15, -0.1) is 0 Å². The first kappa shape index (κ1) is 16.4. The first-order valence-electron chi connectivity index (χ1n) is 7.17. The van der Waals surface area contributed by atoms with Crippen LogP contribution in [0.15, 0.2) is 30.3 Å². The number of hydrogen-bond acceptors (Lipinski definition) is 3. The van der Waals surface area contributed by atoms with Gasteiger partial charge in [0.15, 0.2) is 11.5 Å². The number of amides is 1. The van der Waals surface area contributed by atoms with Gasteiger partial charge in [0.25, 0.3) is 0 Å². The lowest BCUT2D eigenvalue weighted by atomic mass is 10.1. The monoisotopic (exact) mass is 443 g/mol. The lowest BCUT2D eigenvalue weighted by molar-refractivity contribution is -0.115. The number of nitrogens with one attached hydrogen (secondary N) is 1. The van der Waals surface area contributed by atoms with E-state index in [0.29, 0.717) is 29.7 Å². The zero-order valence-electron chi connectivity index (χ0n) is 12.5. The topological polar surface area (TPSA) is 47.6 Å². The summed E-state index contributed by atoms with van der Waals surface area (Å²) in [6, 6.07) is 9.45. The quantitative estimate of drug-likeness (QED) is 0.723. The summed E-state index contributed by atoms with van der Waals surface area (Å²) < 4.78 is 12.1. The van der Waals surface area contributed by atoms with Gasteiger partial charge in [0.05, 0.1) is 11.4 Å². The summed E-state index contributed by atoms with van der Waals surface area (Å²) in [6.45, 7) is 2.94. The molecule has 1 aliphatic heterocycles. The maximum atomic E-state index is 12.3. The van der Waals surface area contributed by atoms with Crippen molar-refractivity contribution >= 4 is 45.8 Å². The minimum absolute atomic E-state index is 0.0953. The van der Waals surface area contributed by atoms with Crippen LogP contribution in [0.25, 0.3) is 0 Å². The van der Waals surface area contributed by atoms with E-state index in [4.69, 9.17) is 21.1 Å². The molecule has 120 valence electrons. The van der Waals surface area contributed by atoms with Crippen molar-refractivity contribution in [1.82, 2.24) is 0 Å². The molecule has 23 heavy (non-hydrogen) atoms. The zero-order chi connectivity index (χ0) is 16.4. The second kappa shape index (κ2) is 6.97. The summed E-state index contributed by atoms with van der Waals surface area (Å²) in [5.74, 6) is 1.05. The smallest absolute Gasteiger partial charge is 0.228 e. The van der Waals surface area contributed by atoms with Gasteiger partial charge in [-0.25, -0.2) is 0 Å². The van der Waals surface area contributed by atoms with E-state index in [1.165, 1.54) is 0 Å². The highest BCUT2D eigenvalue weighted by atomic mass is 127. The van der Waals surface area contributed by atoms with Gasteiger partial charge < -0.3 is 14.8 Å². The Morgan fingerprint density at radius 2 is 2.04 bits per heavy atom. The normalized spacial score (nSPS) is 12.8. The van der Waals surface area contributed by atoms with E-state index in [9.17, 15) is 4.79 Å². The third-order valence-corrected chi connectivity index (χ3v) is 4.44. The van der Waals surface area contributed by atoms with Crippen molar-refractivity contribution in [1.29, 1.82) is 0 Å². The summed E-state index contributed by atoms with van der Waals surface area (Å²) >= 11 is 8.44. The van der Waals surface area contributed by atoms with Gasteiger partial charge in [-0.05, 0) is 71.0 Å². The molecule has 1 heterocycles. The second-order valence-electron chi connectivity index (χ2n) is 5.29. The molecule has 0 radical (unpaired) electrons. The Labute approximate surface area is 153 Å². The van der Waals surface area contributed by atoms with Gasteiger partial charge in [-0.2, -0.15) is 0 Å². The predicted molar refractivity (Wildman–Crippen MR) is 98.7 cm³/mol. The fourth-order valence-electron chi connectivity index (χ4n) is 2.41. The van der Waals surface area contributed by atoms with E-state index in [1.54, 1.807) is 12.1 Å². The lowest BCUT2D eigenvalue weighted by Gasteiger charge is -2.20. The third kappa shape index (κ3) is 3.90. The van der Waals surface area contributed by atoms with Gasteiger partial charge in [0.2, 0.25) is 5.91 Å². The number of halogens is 2. The summed E-state index contributed by atoms with van der Waals surface area (Å²) in [5, 5.41) is 3.40. The number of carbonyl (C=O) groups excluding carboxylic acids is 1. The van der Waals surface area contributed by atoms with Gasteiger partial charge in [0.1, 0.15) is 13.2 Å². The molecule has 1 N–H and O–H groups in total. The summed E-state index contributed by atoms with van der Waals surface area (Å²) in [6.07, 6.45) is 0.224. The molecule has 0 atom stereocenters. The van der Waals surface area contributed by atoms with E-state index >= 15 is 0 Å². The molecule has 1 amide bonds. The highest BCUT2D eigenvalue weighted by Gasteiger charge is 2.17. The van der Waals surface area contributed by atoms with Gasteiger partial charge in [0, 0.05) is 9.26 Å². The van der Waals surface area contributed by atoms with E-state index in [1.807, 2.05) is 25.1 Å². The van der Waals surface area contributed by atoms with Crippen LogP contribution in [0, 0.1) is 10.5 Å². The van der Waals surface area contributed by atoms with Crippen molar-refractivity contribution in [3.05, 3.63) is 50.1 Å². The Hall–Kier alpha value is -1.47. The van der Waals surface area contributed by atoms with Gasteiger partial charge in [-0.1, -0.05) is 11.6 Å². The molecule has 4 nitrogen and oxygen atoms in total. The molecule has 0 aromatic heterocycles. The molecule has 3 rings (SSSR count). The van der Waals surface area contributed by atoms with Crippen LogP contribution in [0.2, 0.25) is 5.02 Å².